The average Bonchev–Trinajstić information content (AvgIpc) is 2.70. The van der Waals surface area contributed by atoms with Crippen molar-refractivity contribution in [3.05, 3.63) is 47.1 Å². The van der Waals surface area contributed by atoms with Crippen molar-refractivity contribution >= 4 is 11.6 Å². The van der Waals surface area contributed by atoms with Gasteiger partial charge in [-0.3, -0.25) is 0 Å². The third-order valence-electron chi connectivity index (χ3n) is 2.44. The fraction of sp³-hybridized carbons (Fsp3) is 0.333. The lowest BCUT2D eigenvalue weighted by molar-refractivity contribution is 0.379. The minimum absolute atomic E-state index is 0.214. The van der Waals surface area contributed by atoms with Gasteiger partial charge < -0.3 is 4.52 Å². The summed E-state index contributed by atoms with van der Waals surface area (Å²) in [6.45, 7) is 3.89. The second-order valence-corrected chi connectivity index (χ2v) is 4.42. The van der Waals surface area contributed by atoms with Crippen molar-refractivity contribution in [1.82, 2.24) is 10.1 Å². The molecule has 1 heterocycles. The Bertz CT molecular complexity index is 479. The molecule has 1 atom stereocenters. The monoisotopic (exact) mass is 236 g/mol. The predicted molar refractivity (Wildman–Crippen MR) is 62.6 cm³/mol. The molecule has 4 heteroatoms. The Hall–Kier alpha value is -1.35. The van der Waals surface area contributed by atoms with Gasteiger partial charge in [-0.05, 0) is 25.0 Å². The maximum atomic E-state index is 5.87. The number of alkyl halides is 1. The first-order chi connectivity index (χ1) is 7.66. The maximum absolute atomic E-state index is 5.87. The summed E-state index contributed by atoms with van der Waals surface area (Å²) in [4.78, 5) is 4.24. The van der Waals surface area contributed by atoms with Crippen LogP contribution in [0.3, 0.4) is 0 Å². The van der Waals surface area contributed by atoms with Gasteiger partial charge in [0.1, 0.15) is 0 Å². The number of halogens is 1. The van der Waals surface area contributed by atoms with E-state index in [1.54, 1.807) is 0 Å². The fourth-order valence-corrected chi connectivity index (χ4v) is 1.56. The molecular formula is C12H13ClN2O. The van der Waals surface area contributed by atoms with E-state index in [-0.39, 0.29) is 5.38 Å². The molecular weight excluding hydrogens is 224 g/mol. The Labute approximate surface area is 99.4 Å². The van der Waals surface area contributed by atoms with Crippen molar-refractivity contribution in [3.63, 3.8) is 0 Å². The minimum atomic E-state index is -0.214. The standard InChI is InChI=1S/C12H13ClN2O/c1-8-5-3-4-6-10(8)7-11-14-12(9(2)13)15-16-11/h3-6,9H,7H2,1-2H3. The van der Waals surface area contributed by atoms with Crippen molar-refractivity contribution < 1.29 is 4.52 Å². The molecule has 0 saturated heterocycles. The Morgan fingerprint density at radius 3 is 2.75 bits per heavy atom. The lowest BCUT2D eigenvalue weighted by atomic mass is 10.1. The van der Waals surface area contributed by atoms with E-state index in [0.717, 1.165) is 0 Å². The number of nitrogens with zero attached hydrogens (tertiary/aromatic N) is 2. The van der Waals surface area contributed by atoms with E-state index in [9.17, 15) is 0 Å². The van der Waals surface area contributed by atoms with Gasteiger partial charge in [-0.15, -0.1) is 11.6 Å². The van der Waals surface area contributed by atoms with Gasteiger partial charge in [-0.1, -0.05) is 29.4 Å². The molecule has 0 aliphatic carbocycles. The highest BCUT2D eigenvalue weighted by atomic mass is 35.5. The van der Waals surface area contributed by atoms with Crippen LogP contribution in [0, 0.1) is 6.92 Å². The molecule has 0 N–H and O–H groups in total. The number of rotatable bonds is 3. The van der Waals surface area contributed by atoms with Crippen molar-refractivity contribution in [2.24, 2.45) is 0 Å². The molecule has 0 bridgehead atoms. The molecule has 2 aromatic rings. The van der Waals surface area contributed by atoms with Crippen molar-refractivity contribution in [2.45, 2.75) is 25.6 Å². The van der Waals surface area contributed by atoms with Crippen molar-refractivity contribution in [3.8, 4) is 0 Å². The lowest BCUT2D eigenvalue weighted by Gasteiger charge is -2.00. The Morgan fingerprint density at radius 1 is 1.38 bits per heavy atom. The van der Waals surface area contributed by atoms with Crippen LogP contribution < -0.4 is 0 Å². The SMILES string of the molecule is Cc1ccccc1Cc1nc(C(C)Cl)no1. The van der Waals surface area contributed by atoms with Gasteiger partial charge in [0.05, 0.1) is 11.8 Å². The minimum Gasteiger partial charge on any atom is -0.339 e. The summed E-state index contributed by atoms with van der Waals surface area (Å²) in [5, 5.41) is 3.61. The largest absolute Gasteiger partial charge is 0.339 e. The number of aromatic nitrogens is 2. The van der Waals surface area contributed by atoms with E-state index in [1.807, 2.05) is 19.1 Å². The quantitative estimate of drug-likeness (QED) is 0.768. The van der Waals surface area contributed by atoms with Crippen LogP contribution in [0.2, 0.25) is 0 Å². The molecule has 0 aliphatic heterocycles. The Balaban J connectivity index is 2.18. The maximum Gasteiger partial charge on any atom is 0.231 e. The second-order valence-electron chi connectivity index (χ2n) is 3.77. The van der Waals surface area contributed by atoms with Crippen LogP contribution in [0.15, 0.2) is 28.8 Å². The second kappa shape index (κ2) is 4.66. The summed E-state index contributed by atoms with van der Waals surface area (Å²) in [5.74, 6) is 1.15. The number of aryl methyl sites for hydroxylation is 1. The van der Waals surface area contributed by atoms with Crippen LogP contribution in [0.5, 0.6) is 0 Å². The zero-order valence-corrected chi connectivity index (χ0v) is 10.0. The molecule has 2 rings (SSSR count). The van der Waals surface area contributed by atoms with E-state index in [1.165, 1.54) is 11.1 Å². The van der Waals surface area contributed by atoms with E-state index >= 15 is 0 Å². The third kappa shape index (κ3) is 2.42. The summed E-state index contributed by atoms with van der Waals surface area (Å²) in [7, 11) is 0. The van der Waals surface area contributed by atoms with Gasteiger partial charge in [-0.25, -0.2) is 0 Å². The van der Waals surface area contributed by atoms with Crippen molar-refractivity contribution in [1.29, 1.82) is 0 Å². The van der Waals surface area contributed by atoms with Crippen LogP contribution in [0.4, 0.5) is 0 Å². The zero-order valence-electron chi connectivity index (χ0n) is 9.27. The molecule has 0 fully saturated rings. The van der Waals surface area contributed by atoms with Gasteiger partial charge in [0.25, 0.3) is 0 Å². The number of hydrogen-bond donors (Lipinski definition) is 0. The molecule has 1 unspecified atom stereocenters. The molecule has 0 aliphatic rings. The van der Waals surface area contributed by atoms with Gasteiger partial charge >= 0.3 is 0 Å². The topological polar surface area (TPSA) is 38.9 Å². The van der Waals surface area contributed by atoms with Crippen molar-refractivity contribution in [2.75, 3.05) is 0 Å². The number of hydrogen-bond acceptors (Lipinski definition) is 3. The normalized spacial score (nSPS) is 12.7. The summed E-state index contributed by atoms with van der Waals surface area (Å²) in [5.41, 5.74) is 2.42. The molecule has 0 saturated carbocycles. The van der Waals surface area contributed by atoms with Crippen LogP contribution in [0.1, 0.15) is 35.1 Å². The van der Waals surface area contributed by atoms with Crippen LogP contribution >= 0.6 is 11.6 Å². The van der Waals surface area contributed by atoms with Gasteiger partial charge in [0, 0.05) is 0 Å². The van der Waals surface area contributed by atoms with E-state index in [2.05, 4.69) is 29.2 Å². The van der Waals surface area contributed by atoms with Crippen LogP contribution in [-0.2, 0) is 6.42 Å². The Morgan fingerprint density at radius 2 is 2.12 bits per heavy atom. The number of benzene rings is 1. The van der Waals surface area contributed by atoms with Gasteiger partial charge in [0.2, 0.25) is 5.89 Å². The van der Waals surface area contributed by atoms with Gasteiger partial charge in [0.15, 0.2) is 5.82 Å². The molecule has 1 aromatic heterocycles. The van der Waals surface area contributed by atoms with E-state index in [4.69, 9.17) is 16.1 Å². The molecule has 84 valence electrons. The first kappa shape index (κ1) is 11.1. The average molecular weight is 237 g/mol. The molecule has 16 heavy (non-hydrogen) atoms. The highest BCUT2D eigenvalue weighted by Gasteiger charge is 2.11. The van der Waals surface area contributed by atoms with E-state index < -0.39 is 0 Å². The zero-order chi connectivity index (χ0) is 11.5. The van der Waals surface area contributed by atoms with E-state index in [0.29, 0.717) is 18.1 Å². The highest BCUT2D eigenvalue weighted by molar-refractivity contribution is 6.20. The molecule has 0 radical (unpaired) electrons. The Kier molecular flexibility index (Phi) is 3.25. The van der Waals surface area contributed by atoms with Crippen LogP contribution in [0.25, 0.3) is 0 Å². The smallest absolute Gasteiger partial charge is 0.231 e. The van der Waals surface area contributed by atoms with Gasteiger partial charge in [-0.2, -0.15) is 4.98 Å². The fourth-order valence-electron chi connectivity index (χ4n) is 1.47. The highest BCUT2D eigenvalue weighted by Crippen LogP contribution is 2.17. The molecule has 3 nitrogen and oxygen atoms in total. The molecule has 0 spiro atoms. The first-order valence-corrected chi connectivity index (χ1v) is 5.61. The summed E-state index contributed by atoms with van der Waals surface area (Å²) < 4.78 is 5.14. The summed E-state index contributed by atoms with van der Waals surface area (Å²) in [6.07, 6.45) is 0.656. The molecule has 1 aromatic carbocycles. The lowest BCUT2D eigenvalue weighted by Crippen LogP contribution is -1.92. The first-order valence-electron chi connectivity index (χ1n) is 5.18. The predicted octanol–water partition coefficient (Wildman–Crippen LogP) is 3.27. The summed E-state index contributed by atoms with van der Waals surface area (Å²) >= 11 is 5.87. The summed E-state index contributed by atoms with van der Waals surface area (Å²) in [6, 6.07) is 8.14. The van der Waals surface area contributed by atoms with Crippen LogP contribution in [-0.4, -0.2) is 10.1 Å². The third-order valence-corrected chi connectivity index (χ3v) is 2.64. The molecule has 0 amide bonds.